The number of anilines is 2. The predicted octanol–water partition coefficient (Wildman–Crippen LogP) is 3.52. The molecular formula is C15H14ClNO4. The minimum absolute atomic E-state index is 0.155. The summed E-state index contributed by atoms with van der Waals surface area (Å²) < 4.78 is 9.84. The number of ether oxygens (including phenoxy) is 1. The standard InChI is InChI=1S/C15H14ClNO4/c1-3-20-14(18)13-12(8-9(2)21-15(13)19)17-11-6-4-10(16)5-7-11/h4-8,17H,3H2,1-2H3. The van der Waals surface area contributed by atoms with Crippen LogP contribution < -0.4 is 10.9 Å². The Kier molecular flexibility index (Phi) is 4.65. The lowest BCUT2D eigenvalue weighted by molar-refractivity contribution is 0.0522. The van der Waals surface area contributed by atoms with E-state index in [-0.39, 0.29) is 12.2 Å². The molecule has 0 unspecified atom stereocenters. The van der Waals surface area contributed by atoms with E-state index in [1.807, 2.05) is 0 Å². The largest absolute Gasteiger partial charge is 0.462 e. The van der Waals surface area contributed by atoms with Gasteiger partial charge in [0.15, 0.2) is 5.56 Å². The summed E-state index contributed by atoms with van der Waals surface area (Å²) in [7, 11) is 0. The Labute approximate surface area is 126 Å². The van der Waals surface area contributed by atoms with Crippen LogP contribution >= 0.6 is 11.6 Å². The number of hydrogen-bond acceptors (Lipinski definition) is 5. The second-order valence-corrected chi connectivity index (χ2v) is 4.72. The van der Waals surface area contributed by atoms with Crippen molar-refractivity contribution in [3.05, 3.63) is 57.1 Å². The molecule has 0 atom stereocenters. The van der Waals surface area contributed by atoms with Crippen LogP contribution in [0.5, 0.6) is 0 Å². The SMILES string of the molecule is CCOC(=O)c1c(Nc2ccc(Cl)cc2)cc(C)oc1=O. The number of aryl methyl sites for hydroxylation is 1. The maximum Gasteiger partial charge on any atom is 0.352 e. The van der Waals surface area contributed by atoms with Crippen LogP contribution in [0.25, 0.3) is 0 Å². The third kappa shape index (κ3) is 3.64. The lowest BCUT2D eigenvalue weighted by atomic mass is 10.2. The third-order valence-corrected chi connectivity index (χ3v) is 2.93. The van der Waals surface area contributed by atoms with Crippen LogP contribution in [0.15, 0.2) is 39.5 Å². The lowest BCUT2D eigenvalue weighted by Gasteiger charge is -2.11. The van der Waals surface area contributed by atoms with Gasteiger partial charge in [-0.25, -0.2) is 9.59 Å². The summed E-state index contributed by atoms with van der Waals surface area (Å²) >= 11 is 5.82. The maximum absolute atomic E-state index is 11.9. The van der Waals surface area contributed by atoms with Crippen molar-refractivity contribution < 1.29 is 13.9 Å². The molecular weight excluding hydrogens is 294 g/mol. The first-order valence-electron chi connectivity index (χ1n) is 6.35. The van der Waals surface area contributed by atoms with E-state index in [0.717, 1.165) is 0 Å². The molecule has 0 fully saturated rings. The van der Waals surface area contributed by atoms with Crippen LogP contribution in [0, 0.1) is 6.92 Å². The summed E-state index contributed by atoms with van der Waals surface area (Å²) in [5, 5.41) is 3.59. The molecule has 21 heavy (non-hydrogen) atoms. The summed E-state index contributed by atoms with van der Waals surface area (Å²) in [5.41, 5.74) is 0.141. The van der Waals surface area contributed by atoms with E-state index in [1.165, 1.54) is 0 Å². The van der Waals surface area contributed by atoms with Crippen LogP contribution in [-0.4, -0.2) is 12.6 Å². The topological polar surface area (TPSA) is 68.5 Å². The number of nitrogens with one attached hydrogen (secondary N) is 1. The maximum atomic E-state index is 11.9. The summed E-state index contributed by atoms with van der Waals surface area (Å²) in [5.74, 6) is -0.327. The van der Waals surface area contributed by atoms with Crippen molar-refractivity contribution in [2.45, 2.75) is 13.8 Å². The smallest absolute Gasteiger partial charge is 0.352 e. The monoisotopic (exact) mass is 307 g/mol. The average Bonchev–Trinajstić information content (AvgIpc) is 2.41. The first-order valence-corrected chi connectivity index (χ1v) is 6.73. The molecule has 2 aromatic rings. The minimum atomic E-state index is -0.732. The van der Waals surface area contributed by atoms with Gasteiger partial charge in [0.05, 0.1) is 12.3 Å². The van der Waals surface area contributed by atoms with Gasteiger partial charge in [-0.1, -0.05) is 11.6 Å². The summed E-state index contributed by atoms with van der Waals surface area (Å²) in [4.78, 5) is 23.8. The molecule has 0 bridgehead atoms. The van der Waals surface area contributed by atoms with Crippen molar-refractivity contribution in [2.75, 3.05) is 11.9 Å². The van der Waals surface area contributed by atoms with Crippen LogP contribution in [0.4, 0.5) is 11.4 Å². The summed E-state index contributed by atoms with van der Waals surface area (Å²) in [6.07, 6.45) is 0. The van der Waals surface area contributed by atoms with E-state index in [1.54, 1.807) is 44.2 Å². The van der Waals surface area contributed by atoms with Crippen molar-refractivity contribution in [3.8, 4) is 0 Å². The molecule has 0 saturated heterocycles. The van der Waals surface area contributed by atoms with Crippen molar-refractivity contribution in [1.82, 2.24) is 0 Å². The number of benzene rings is 1. The van der Waals surface area contributed by atoms with E-state index in [0.29, 0.717) is 22.2 Å². The second kappa shape index (κ2) is 6.45. The first kappa shape index (κ1) is 15.1. The van der Waals surface area contributed by atoms with Gasteiger partial charge in [-0.15, -0.1) is 0 Å². The Morgan fingerprint density at radius 3 is 2.62 bits per heavy atom. The van der Waals surface area contributed by atoms with E-state index in [2.05, 4.69) is 5.32 Å². The highest BCUT2D eigenvalue weighted by Crippen LogP contribution is 2.22. The van der Waals surface area contributed by atoms with Gasteiger partial charge in [-0.3, -0.25) is 0 Å². The zero-order chi connectivity index (χ0) is 15.4. The van der Waals surface area contributed by atoms with Crippen LogP contribution in [0.3, 0.4) is 0 Å². The molecule has 0 aliphatic rings. The molecule has 1 N–H and O–H groups in total. The highest BCUT2D eigenvalue weighted by molar-refractivity contribution is 6.30. The van der Waals surface area contributed by atoms with Gasteiger partial charge in [-0.05, 0) is 38.1 Å². The van der Waals surface area contributed by atoms with E-state index in [4.69, 9.17) is 20.8 Å². The van der Waals surface area contributed by atoms with Crippen molar-refractivity contribution in [2.24, 2.45) is 0 Å². The molecule has 0 spiro atoms. The molecule has 5 nitrogen and oxygen atoms in total. The number of rotatable bonds is 4. The summed E-state index contributed by atoms with van der Waals surface area (Å²) in [6.45, 7) is 3.47. The molecule has 2 rings (SSSR count). The molecule has 0 aliphatic carbocycles. The third-order valence-electron chi connectivity index (χ3n) is 2.68. The molecule has 1 heterocycles. The number of halogens is 1. The Morgan fingerprint density at radius 1 is 1.33 bits per heavy atom. The zero-order valence-electron chi connectivity index (χ0n) is 11.6. The van der Waals surface area contributed by atoms with Crippen molar-refractivity contribution in [1.29, 1.82) is 0 Å². The van der Waals surface area contributed by atoms with Crippen molar-refractivity contribution in [3.63, 3.8) is 0 Å². The van der Waals surface area contributed by atoms with Gasteiger partial charge in [0.25, 0.3) is 0 Å². The fourth-order valence-corrected chi connectivity index (χ4v) is 1.92. The fourth-order valence-electron chi connectivity index (χ4n) is 1.80. The predicted molar refractivity (Wildman–Crippen MR) is 80.4 cm³/mol. The first-order chi connectivity index (χ1) is 10.0. The van der Waals surface area contributed by atoms with Gasteiger partial charge in [-0.2, -0.15) is 0 Å². The quantitative estimate of drug-likeness (QED) is 0.875. The fraction of sp³-hybridized carbons (Fsp3) is 0.200. The molecule has 0 aliphatic heterocycles. The lowest BCUT2D eigenvalue weighted by Crippen LogP contribution is -2.19. The minimum Gasteiger partial charge on any atom is -0.462 e. The van der Waals surface area contributed by atoms with Crippen LogP contribution in [0.1, 0.15) is 23.0 Å². The van der Waals surface area contributed by atoms with E-state index < -0.39 is 11.6 Å². The van der Waals surface area contributed by atoms with E-state index in [9.17, 15) is 9.59 Å². The molecule has 0 amide bonds. The molecule has 0 radical (unpaired) electrons. The number of esters is 1. The number of carbonyl (C=O) groups excluding carboxylic acids is 1. The van der Waals surface area contributed by atoms with Crippen LogP contribution in [-0.2, 0) is 4.74 Å². The molecule has 6 heteroatoms. The average molecular weight is 308 g/mol. The molecule has 1 aromatic heterocycles. The van der Waals surface area contributed by atoms with Crippen molar-refractivity contribution >= 4 is 28.9 Å². The zero-order valence-corrected chi connectivity index (χ0v) is 12.4. The Balaban J connectivity index is 2.44. The van der Waals surface area contributed by atoms with Gasteiger partial charge in [0.1, 0.15) is 5.76 Å². The highest BCUT2D eigenvalue weighted by atomic mass is 35.5. The number of hydrogen-bond donors (Lipinski definition) is 1. The van der Waals surface area contributed by atoms with Gasteiger partial charge in [0.2, 0.25) is 0 Å². The Morgan fingerprint density at radius 2 is 2.00 bits per heavy atom. The molecule has 0 saturated carbocycles. The van der Waals surface area contributed by atoms with Gasteiger partial charge < -0.3 is 14.5 Å². The van der Waals surface area contributed by atoms with E-state index >= 15 is 0 Å². The number of carbonyl (C=O) groups is 1. The van der Waals surface area contributed by atoms with Crippen LogP contribution in [0.2, 0.25) is 5.02 Å². The molecule has 110 valence electrons. The molecule has 1 aromatic carbocycles. The highest BCUT2D eigenvalue weighted by Gasteiger charge is 2.19. The summed E-state index contributed by atoms with van der Waals surface area (Å²) in [6, 6.07) is 8.45. The van der Waals surface area contributed by atoms with Gasteiger partial charge in [0, 0.05) is 16.8 Å². The normalized spacial score (nSPS) is 10.2. The second-order valence-electron chi connectivity index (χ2n) is 4.29. The Bertz CT molecular complexity index is 707. The Hall–Kier alpha value is -2.27. The van der Waals surface area contributed by atoms with Gasteiger partial charge >= 0.3 is 11.6 Å².